The summed E-state index contributed by atoms with van der Waals surface area (Å²) in [6.45, 7) is 2.54. The summed E-state index contributed by atoms with van der Waals surface area (Å²) in [4.78, 5) is 15.7. The number of esters is 1. The second-order valence-corrected chi connectivity index (χ2v) is 7.45. The molecular formula is C21H23NO4S. The van der Waals surface area contributed by atoms with Crippen molar-refractivity contribution >= 4 is 28.7 Å². The molecule has 0 aliphatic rings. The molecule has 2 aromatic carbocycles. The standard InChI is InChI=1S/C21H23NO4S/c1-4-25-21(24)20-18(13-27-14-8-6-5-7-9-14)26-17-11-10-16(23)15(19(17)20)12-22(2)3/h5-11,23H,4,12-13H2,1-3H3. The number of ether oxygens (including phenoxy) is 1. The lowest BCUT2D eigenvalue weighted by molar-refractivity contribution is 0.0526. The molecule has 1 aromatic heterocycles. The lowest BCUT2D eigenvalue weighted by Gasteiger charge is -2.13. The predicted octanol–water partition coefficient (Wildman–Crippen LogP) is 4.67. The van der Waals surface area contributed by atoms with Crippen LogP contribution in [0.4, 0.5) is 0 Å². The zero-order chi connectivity index (χ0) is 19.4. The average molecular weight is 385 g/mol. The SMILES string of the molecule is CCOC(=O)c1c(CSc2ccccc2)oc2ccc(O)c(CN(C)C)c12. The van der Waals surface area contributed by atoms with E-state index in [1.165, 1.54) is 0 Å². The number of phenols is 1. The first kappa shape index (κ1) is 19.3. The van der Waals surface area contributed by atoms with Gasteiger partial charge >= 0.3 is 5.97 Å². The number of nitrogens with zero attached hydrogens (tertiary/aromatic N) is 1. The fourth-order valence-electron chi connectivity index (χ4n) is 2.96. The van der Waals surface area contributed by atoms with Gasteiger partial charge in [0.25, 0.3) is 0 Å². The van der Waals surface area contributed by atoms with E-state index in [0.717, 1.165) is 4.90 Å². The highest BCUT2D eigenvalue weighted by molar-refractivity contribution is 7.98. The average Bonchev–Trinajstić information content (AvgIpc) is 3.02. The summed E-state index contributed by atoms with van der Waals surface area (Å²) in [5.74, 6) is 0.771. The van der Waals surface area contributed by atoms with Crippen LogP contribution in [-0.4, -0.2) is 36.7 Å². The molecule has 142 valence electrons. The Labute approximate surface area is 162 Å². The molecule has 0 saturated carbocycles. The zero-order valence-electron chi connectivity index (χ0n) is 15.7. The van der Waals surface area contributed by atoms with E-state index in [1.807, 2.05) is 49.3 Å². The van der Waals surface area contributed by atoms with Crippen LogP contribution in [0.3, 0.4) is 0 Å². The molecule has 0 aliphatic heterocycles. The van der Waals surface area contributed by atoms with E-state index in [9.17, 15) is 9.90 Å². The van der Waals surface area contributed by atoms with E-state index < -0.39 is 5.97 Å². The minimum Gasteiger partial charge on any atom is -0.508 e. The third kappa shape index (κ3) is 4.28. The van der Waals surface area contributed by atoms with Crippen molar-refractivity contribution in [3.63, 3.8) is 0 Å². The van der Waals surface area contributed by atoms with Gasteiger partial charge in [0, 0.05) is 22.4 Å². The van der Waals surface area contributed by atoms with Crippen molar-refractivity contribution in [3.05, 3.63) is 59.4 Å². The normalized spacial score (nSPS) is 11.3. The number of carbonyl (C=O) groups is 1. The third-order valence-electron chi connectivity index (χ3n) is 4.08. The lowest BCUT2D eigenvalue weighted by atomic mass is 10.0. The Hall–Kier alpha value is -2.44. The van der Waals surface area contributed by atoms with Crippen LogP contribution in [0.25, 0.3) is 11.0 Å². The van der Waals surface area contributed by atoms with Crippen molar-refractivity contribution < 1.29 is 19.1 Å². The van der Waals surface area contributed by atoms with Crippen LogP contribution in [0.5, 0.6) is 5.75 Å². The van der Waals surface area contributed by atoms with Crippen molar-refractivity contribution in [3.8, 4) is 5.75 Å². The Morgan fingerprint density at radius 2 is 1.93 bits per heavy atom. The van der Waals surface area contributed by atoms with E-state index in [4.69, 9.17) is 9.15 Å². The van der Waals surface area contributed by atoms with Gasteiger partial charge in [-0.05, 0) is 45.3 Å². The summed E-state index contributed by atoms with van der Waals surface area (Å²) in [5, 5.41) is 11.0. The van der Waals surface area contributed by atoms with Crippen LogP contribution < -0.4 is 0 Å². The number of carbonyl (C=O) groups excluding carboxylic acids is 1. The first-order chi connectivity index (χ1) is 13.0. The van der Waals surface area contributed by atoms with Gasteiger partial charge < -0.3 is 19.2 Å². The first-order valence-electron chi connectivity index (χ1n) is 8.77. The van der Waals surface area contributed by atoms with Crippen molar-refractivity contribution in [2.24, 2.45) is 0 Å². The number of fused-ring (bicyclic) bond motifs is 1. The number of rotatable bonds is 7. The fourth-order valence-corrected chi connectivity index (χ4v) is 3.81. The molecule has 0 atom stereocenters. The molecule has 0 saturated heterocycles. The highest BCUT2D eigenvalue weighted by Gasteiger charge is 2.26. The van der Waals surface area contributed by atoms with Crippen molar-refractivity contribution in [1.29, 1.82) is 0 Å². The topological polar surface area (TPSA) is 62.9 Å². The van der Waals surface area contributed by atoms with Gasteiger partial charge in [0.1, 0.15) is 22.7 Å². The maximum absolute atomic E-state index is 12.7. The summed E-state index contributed by atoms with van der Waals surface area (Å²) < 4.78 is 11.3. The van der Waals surface area contributed by atoms with E-state index in [1.54, 1.807) is 30.8 Å². The third-order valence-corrected chi connectivity index (χ3v) is 5.09. The number of thioether (sulfide) groups is 1. The molecule has 27 heavy (non-hydrogen) atoms. The van der Waals surface area contributed by atoms with Gasteiger partial charge in [-0.1, -0.05) is 18.2 Å². The summed E-state index contributed by atoms with van der Waals surface area (Å²) >= 11 is 1.59. The van der Waals surface area contributed by atoms with Gasteiger partial charge in [0.15, 0.2) is 0 Å². The maximum Gasteiger partial charge on any atom is 0.342 e. The van der Waals surface area contributed by atoms with Gasteiger partial charge in [-0.25, -0.2) is 4.79 Å². The van der Waals surface area contributed by atoms with Crippen LogP contribution in [-0.2, 0) is 17.0 Å². The monoisotopic (exact) mass is 385 g/mol. The van der Waals surface area contributed by atoms with Crippen molar-refractivity contribution in [2.75, 3.05) is 20.7 Å². The molecule has 0 amide bonds. The molecule has 5 nitrogen and oxygen atoms in total. The molecule has 0 fully saturated rings. The van der Waals surface area contributed by atoms with E-state index in [-0.39, 0.29) is 12.4 Å². The van der Waals surface area contributed by atoms with Crippen LogP contribution in [0, 0.1) is 0 Å². The summed E-state index contributed by atoms with van der Waals surface area (Å²) in [7, 11) is 3.82. The number of aromatic hydroxyl groups is 1. The van der Waals surface area contributed by atoms with Gasteiger partial charge in [0.05, 0.1) is 12.4 Å². The highest BCUT2D eigenvalue weighted by Crippen LogP contribution is 2.37. The Bertz CT molecular complexity index is 934. The second kappa shape index (κ2) is 8.50. The van der Waals surface area contributed by atoms with Crippen LogP contribution in [0.1, 0.15) is 28.6 Å². The molecule has 0 radical (unpaired) electrons. The number of hydrogen-bond acceptors (Lipinski definition) is 6. The molecule has 1 heterocycles. The number of phenolic OH excluding ortho intramolecular Hbond substituents is 1. The van der Waals surface area contributed by atoms with Crippen LogP contribution in [0.15, 0.2) is 51.8 Å². The smallest absolute Gasteiger partial charge is 0.342 e. The maximum atomic E-state index is 12.7. The molecule has 0 unspecified atom stereocenters. The quantitative estimate of drug-likeness (QED) is 0.471. The predicted molar refractivity (Wildman–Crippen MR) is 107 cm³/mol. The molecule has 0 bridgehead atoms. The van der Waals surface area contributed by atoms with Crippen LogP contribution >= 0.6 is 11.8 Å². The van der Waals surface area contributed by atoms with Crippen molar-refractivity contribution in [1.82, 2.24) is 4.90 Å². The summed E-state index contributed by atoms with van der Waals surface area (Å²) in [6, 6.07) is 13.2. The lowest BCUT2D eigenvalue weighted by Crippen LogP contribution is -2.12. The Morgan fingerprint density at radius 3 is 2.59 bits per heavy atom. The minimum atomic E-state index is -0.425. The summed E-state index contributed by atoms with van der Waals surface area (Å²) in [5.41, 5.74) is 1.65. The number of furan rings is 1. The molecule has 1 N–H and O–H groups in total. The Kier molecular flexibility index (Phi) is 6.08. The molecule has 0 spiro atoms. The van der Waals surface area contributed by atoms with Gasteiger partial charge in [-0.2, -0.15) is 0 Å². The number of hydrogen-bond donors (Lipinski definition) is 1. The highest BCUT2D eigenvalue weighted by atomic mass is 32.2. The Morgan fingerprint density at radius 1 is 1.19 bits per heavy atom. The van der Waals surface area contributed by atoms with E-state index in [0.29, 0.717) is 40.2 Å². The van der Waals surface area contributed by atoms with Gasteiger partial charge in [-0.3, -0.25) is 0 Å². The molecule has 6 heteroatoms. The van der Waals surface area contributed by atoms with Crippen molar-refractivity contribution in [2.45, 2.75) is 24.1 Å². The second-order valence-electron chi connectivity index (χ2n) is 6.40. The minimum absolute atomic E-state index is 0.143. The van der Waals surface area contributed by atoms with Gasteiger partial charge in [-0.15, -0.1) is 11.8 Å². The first-order valence-corrected chi connectivity index (χ1v) is 9.75. The molecule has 0 aliphatic carbocycles. The Balaban J connectivity index is 2.09. The zero-order valence-corrected chi connectivity index (χ0v) is 16.5. The molecular weight excluding hydrogens is 362 g/mol. The molecule has 3 rings (SSSR count). The number of benzene rings is 2. The fraction of sp³-hybridized carbons (Fsp3) is 0.286. The van der Waals surface area contributed by atoms with E-state index >= 15 is 0 Å². The summed E-state index contributed by atoms with van der Waals surface area (Å²) in [6.07, 6.45) is 0. The molecule has 3 aromatic rings. The largest absolute Gasteiger partial charge is 0.508 e. The van der Waals surface area contributed by atoms with Gasteiger partial charge in [0.2, 0.25) is 0 Å². The van der Waals surface area contributed by atoms with E-state index in [2.05, 4.69) is 0 Å². The van der Waals surface area contributed by atoms with Crippen LogP contribution in [0.2, 0.25) is 0 Å².